The molecule has 1 saturated heterocycles. The summed E-state index contributed by atoms with van der Waals surface area (Å²) in [5, 5.41) is 9.96. The first kappa shape index (κ1) is 28.0. The predicted molar refractivity (Wildman–Crippen MR) is 144 cm³/mol. The molecule has 1 unspecified atom stereocenters. The van der Waals surface area contributed by atoms with Crippen molar-refractivity contribution >= 4 is 46.8 Å². The minimum Gasteiger partial charge on any atom is -0.433 e. The lowest BCUT2D eigenvalue weighted by molar-refractivity contribution is -0.274. The molecule has 1 fully saturated rings. The number of carbonyl (C=O) groups excluding carboxylic acids is 1. The second-order valence-electron chi connectivity index (χ2n) is 8.37. The minimum absolute atomic E-state index is 0.0729. The van der Waals surface area contributed by atoms with Gasteiger partial charge in [0.05, 0.1) is 23.3 Å². The summed E-state index contributed by atoms with van der Waals surface area (Å²) in [5.74, 6) is -0.751. The Hall–Kier alpha value is -4.50. The van der Waals surface area contributed by atoms with Crippen molar-refractivity contribution in [1.29, 1.82) is 0 Å². The van der Waals surface area contributed by atoms with E-state index in [9.17, 15) is 26.7 Å². The van der Waals surface area contributed by atoms with Crippen LogP contribution < -0.4 is 24.8 Å². The molecular formula is C26H19F5N6O3S. The fourth-order valence-corrected chi connectivity index (χ4v) is 4.68. The number of para-hydroxylation sites is 2. The lowest BCUT2D eigenvalue weighted by Crippen LogP contribution is -2.33. The summed E-state index contributed by atoms with van der Waals surface area (Å²) < 4.78 is 71.2. The SMILES string of the molecule is O=C1CS/C(=N\N=C\c2ccc(C3N=CN(c4ccc(OC(F)(F)F)cc4)N3)cc2)N1c1ccccc1OC(F)F. The Bertz CT molecular complexity index is 1480. The normalized spacial score (nSPS) is 18.3. The number of carbonyl (C=O) groups is 1. The summed E-state index contributed by atoms with van der Waals surface area (Å²) in [7, 11) is 0. The number of alkyl halides is 5. The van der Waals surface area contributed by atoms with Crippen LogP contribution in [0.4, 0.5) is 33.3 Å². The maximum absolute atomic E-state index is 12.8. The number of nitrogens with zero attached hydrogens (tertiary/aromatic N) is 5. The van der Waals surface area contributed by atoms with Gasteiger partial charge >= 0.3 is 13.0 Å². The van der Waals surface area contributed by atoms with E-state index in [4.69, 9.17) is 0 Å². The van der Waals surface area contributed by atoms with Crippen molar-refractivity contribution in [3.8, 4) is 11.5 Å². The van der Waals surface area contributed by atoms with E-state index in [-0.39, 0.29) is 34.0 Å². The first-order valence-electron chi connectivity index (χ1n) is 11.8. The van der Waals surface area contributed by atoms with Gasteiger partial charge in [-0.3, -0.25) is 14.7 Å². The van der Waals surface area contributed by atoms with Gasteiger partial charge in [0, 0.05) is 0 Å². The number of hydrogen-bond acceptors (Lipinski definition) is 9. The molecule has 1 amide bonds. The smallest absolute Gasteiger partial charge is 0.433 e. The van der Waals surface area contributed by atoms with E-state index in [1.165, 1.54) is 59.9 Å². The first-order valence-corrected chi connectivity index (χ1v) is 12.8. The summed E-state index contributed by atoms with van der Waals surface area (Å²) in [4.78, 5) is 18.0. The Labute approximate surface area is 233 Å². The van der Waals surface area contributed by atoms with Gasteiger partial charge in [-0.2, -0.15) is 19.3 Å². The molecule has 1 N–H and O–H groups in total. The number of rotatable bonds is 8. The van der Waals surface area contributed by atoms with Gasteiger partial charge in [0.2, 0.25) is 5.91 Å². The fourth-order valence-electron chi connectivity index (χ4n) is 3.86. The van der Waals surface area contributed by atoms with Crippen LogP contribution >= 0.6 is 11.8 Å². The number of halogens is 5. The third-order valence-electron chi connectivity index (χ3n) is 5.63. The number of amides is 1. The van der Waals surface area contributed by atoms with E-state index in [0.29, 0.717) is 11.3 Å². The molecule has 9 nitrogen and oxygen atoms in total. The van der Waals surface area contributed by atoms with Gasteiger partial charge in [0.15, 0.2) is 5.17 Å². The van der Waals surface area contributed by atoms with Gasteiger partial charge in [0.1, 0.15) is 24.0 Å². The van der Waals surface area contributed by atoms with Crippen LogP contribution in [-0.4, -0.2) is 42.4 Å². The number of thioether (sulfide) groups is 1. The van der Waals surface area contributed by atoms with Gasteiger partial charge in [-0.15, -0.1) is 18.3 Å². The number of ether oxygens (including phenoxy) is 2. The maximum Gasteiger partial charge on any atom is 0.573 e. The minimum atomic E-state index is -4.77. The molecule has 0 aliphatic carbocycles. The molecule has 15 heteroatoms. The van der Waals surface area contributed by atoms with Crippen LogP contribution in [0, 0.1) is 0 Å². The van der Waals surface area contributed by atoms with Crippen molar-refractivity contribution in [2.24, 2.45) is 15.2 Å². The summed E-state index contributed by atoms with van der Waals surface area (Å²) in [6, 6.07) is 18.5. The number of aliphatic imine (C=N–C) groups is 1. The molecule has 41 heavy (non-hydrogen) atoms. The van der Waals surface area contributed by atoms with E-state index in [0.717, 1.165) is 17.3 Å². The zero-order chi connectivity index (χ0) is 29.0. The van der Waals surface area contributed by atoms with E-state index >= 15 is 0 Å². The quantitative estimate of drug-likeness (QED) is 0.206. The predicted octanol–water partition coefficient (Wildman–Crippen LogP) is 5.71. The molecule has 212 valence electrons. The molecule has 3 aromatic carbocycles. The zero-order valence-electron chi connectivity index (χ0n) is 20.7. The standard InChI is InChI=1S/C26H19F5N6O3S/c27-24(28)39-21-4-2-1-3-20(21)37-22(38)14-41-25(37)34-33-13-16-5-7-17(8-6-16)23-32-15-36(35-23)18-9-11-19(12-10-18)40-26(29,30)31/h1-13,15,23-24,35H,14H2/b33-13+,34-25-. The van der Waals surface area contributed by atoms with Crippen LogP contribution in [-0.2, 0) is 4.79 Å². The van der Waals surface area contributed by atoms with Crippen LogP contribution in [0.5, 0.6) is 11.5 Å². The van der Waals surface area contributed by atoms with Crippen molar-refractivity contribution in [1.82, 2.24) is 5.43 Å². The van der Waals surface area contributed by atoms with Gasteiger partial charge in [-0.25, -0.2) is 4.99 Å². The molecule has 2 aliphatic heterocycles. The molecule has 5 rings (SSSR count). The number of hydrazine groups is 1. The van der Waals surface area contributed by atoms with Crippen LogP contribution in [0.3, 0.4) is 0 Å². The topological polar surface area (TPSA) is 91.1 Å². The molecule has 2 aliphatic rings. The Morgan fingerprint density at radius 1 is 1.05 bits per heavy atom. The Balaban J connectivity index is 1.22. The lowest BCUT2D eigenvalue weighted by atomic mass is 10.1. The van der Waals surface area contributed by atoms with Crippen molar-refractivity contribution < 1.29 is 36.2 Å². The lowest BCUT2D eigenvalue weighted by Gasteiger charge is -2.19. The van der Waals surface area contributed by atoms with Crippen LogP contribution in [0.2, 0.25) is 0 Å². The number of nitrogens with one attached hydrogen (secondary N) is 1. The number of hydrogen-bond donors (Lipinski definition) is 1. The molecule has 0 saturated carbocycles. The highest BCUT2D eigenvalue weighted by Gasteiger charge is 2.33. The number of amidine groups is 1. The summed E-state index contributed by atoms with van der Waals surface area (Å²) in [5.41, 5.74) is 5.34. The zero-order valence-corrected chi connectivity index (χ0v) is 21.5. The highest BCUT2D eigenvalue weighted by Crippen LogP contribution is 2.35. The first-order chi connectivity index (χ1) is 19.7. The average Bonchev–Trinajstić information content (AvgIpc) is 3.56. The van der Waals surface area contributed by atoms with Gasteiger partial charge in [0.25, 0.3) is 0 Å². The van der Waals surface area contributed by atoms with E-state index in [1.807, 2.05) is 12.1 Å². The molecule has 0 aromatic heterocycles. The molecule has 0 spiro atoms. The maximum atomic E-state index is 12.8. The van der Waals surface area contributed by atoms with Gasteiger partial charge in [-0.05, 0) is 47.5 Å². The molecule has 1 atom stereocenters. The Morgan fingerprint density at radius 2 is 1.78 bits per heavy atom. The second kappa shape index (κ2) is 11.9. The van der Waals surface area contributed by atoms with E-state index < -0.39 is 19.1 Å². The highest BCUT2D eigenvalue weighted by atomic mass is 32.2. The third-order valence-corrected chi connectivity index (χ3v) is 6.54. The molecule has 3 aromatic rings. The van der Waals surface area contributed by atoms with E-state index in [1.54, 1.807) is 23.2 Å². The van der Waals surface area contributed by atoms with Crippen molar-refractivity contribution in [2.45, 2.75) is 19.1 Å². The Kier molecular flexibility index (Phi) is 8.16. The van der Waals surface area contributed by atoms with Crippen molar-refractivity contribution in [2.75, 3.05) is 15.7 Å². The number of benzene rings is 3. The van der Waals surface area contributed by atoms with Crippen LogP contribution in [0.25, 0.3) is 0 Å². The monoisotopic (exact) mass is 590 g/mol. The largest absolute Gasteiger partial charge is 0.573 e. The van der Waals surface area contributed by atoms with Crippen LogP contribution in [0.1, 0.15) is 17.3 Å². The highest BCUT2D eigenvalue weighted by molar-refractivity contribution is 8.15. The molecular weight excluding hydrogens is 571 g/mol. The number of anilines is 2. The second-order valence-corrected chi connectivity index (χ2v) is 9.31. The fraction of sp³-hybridized carbons (Fsp3) is 0.154. The van der Waals surface area contributed by atoms with Crippen molar-refractivity contribution in [3.05, 3.63) is 83.9 Å². The van der Waals surface area contributed by atoms with E-state index in [2.05, 4.69) is 30.1 Å². The third kappa shape index (κ3) is 6.99. The summed E-state index contributed by atoms with van der Waals surface area (Å²) >= 11 is 1.12. The van der Waals surface area contributed by atoms with Crippen LogP contribution in [0.15, 0.2) is 88.0 Å². The molecule has 0 bridgehead atoms. The Morgan fingerprint density at radius 3 is 2.49 bits per heavy atom. The van der Waals surface area contributed by atoms with Gasteiger partial charge < -0.3 is 9.47 Å². The summed E-state index contributed by atoms with van der Waals surface area (Å²) in [6.45, 7) is -3.05. The summed E-state index contributed by atoms with van der Waals surface area (Å²) in [6.07, 6.45) is -2.20. The van der Waals surface area contributed by atoms with Crippen molar-refractivity contribution in [3.63, 3.8) is 0 Å². The molecule has 2 heterocycles. The van der Waals surface area contributed by atoms with Gasteiger partial charge in [-0.1, -0.05) is 48.2 Å². The molecule has 0 radical (unpaired) electrons. The average molecular weight is 591 g/mol.